The molecule has 0 aromatic heterocycles. The summed E-state index contributed by atoms with van der Waals surface area (Å²) >= 11 is 5.55. The van der Waals surface area contributed by atoms with Crippen molar-refractivity contribution in [3.63, 3.8) is 0 Å². The zero-order chi connectivity index (χ0) is 12.8. The van der Waals surface area contributed by atoms with Crippen LogP contribution < -0.4 is 9.47 Å². The van der Waals surface area contributed by atoms with E-state index in [0.717, 1.165) is 11.1 Å². The van der Waals surface area contributed by atoms with Crippen LogP contribution in [0.2, 0.25) is 0 Å². The number of rotatable bonds is 5. The van der Waals surface area contributed by atoms with Gasteiger partial charge in [0.2, 0.25) is 0 Å². The number of hydrogen-bond acceptors (Lipinski definition) is 3. The highest BCUT2D eigenvalue weighted by atomic mass is 35.5. The monoisotopic (exact) mass is 256 g/mol. The molecule has 4 heteroatoms. The van der Waals surface area contributed by atoms with E-state index in [2.05, 4.69) is 0 Å². The summed E-state index contributed by atoms with van der Waals surface area (Å²) in [6.45, 7) is 3.99. The van der Waals surface area contributed by atoms with E-state index in [1.54, 1.807) is 26.2 Å². The van der Waals surface area contributed by atoms with Gasteiger partial charge in [-0.1, -0.05) is 17.7 Å². The summed E-state index contributed by atoms with van der Waals surface area (Å²) < 4.78 is 10.8. The first kappa shape index (κ1) is 13.9. The van der Waals surface area contributed by atoms with Crippen LogP contribution in [0, 0.1) is 0 Å². The maximum atomic E-state index is 9.47. The van der Waals surface area contributed by atoms with Gasteiger partial charge in [0, 0.05) is 5.54 Å². The minimum atomic E-state index is -0.526. The van der Waals surface area contributed by atoms with Crippen LogP contribution in [0.4, 0.5) is 0 Å². The summed E-state index contributed by atoms with van der Waals surface area (Å²) in [4.78, 5) is 0. The average Bonchev–Trinajstić information content (AvgIpc) is 2.35. The Kier molecular flexibility index (Phi) is 5.32. The predicted molar refractivity (Wildman–Crippen MR) is 68.7 cm³/mol. The molecule has 0 amide bonds. The summed E-state index contributed by atoms with van der Waals surface area (Å²) in [5, 5.41) is 9.47. The number of aliphatic hydroxyl groups excluding tert-OH is 1. The number of hydrogen-bond donors (Lipinski definition) is 1. The molecule has 0 spiro atoms. The van der Waals surface area contributed by atoms with Gasteiger partial charge in [0.15, 0.2) is 11.5 Å². The number of ether oxygens (including phenoxy) is 2. The number of benzene rings is 1. The van der Waals surface area contributed by atoms with Gasteiger partial charge in [0.05, 0.1) is 13.2 Å². The lowest BCUT2D eigenvalue weighted by molar-refractivity contribution is 0.198. The largest absolute Gasteiger partial charge is 0.493 e. The van der Waals surface area contributed by atoms with E-state index in [9.17, 15) is 5.11 Å². The van der Waals surface area contributed by atoms with E-state index >= 15 is 0 Å². The fourth-order valence-corrected chi connectivity index (χ4v) is 1.35. The Hall–Kier alpha value is -1.19. The summed E-state index contributed by atoms with van der Waals surface area (Å²) in [5.74, 6) is 1.24. The molecule has 1 aromatic carbocycles. The van der Waals surface area contributed by atoms with Crippen LogP contribution in [-0.4, -0.2) is 18.8 Å². The third-order valence-corrected chi connectivity index (χ3v) is 2.68. The third kappa shape index (κ3) is 3.95. The molecular formula is C13H17ClO3. The molecule has 94 valence electrons. The lowest BCUT2D eigenvalue weighted by Gasteiger charge is -2.13. The topological polar surface area (TPSA) is 38.7 Å². The van der Waals surface area contributed by atoms with Gasteiger partial charge in [0.25, 0.3) is 0 Å². The normalized spacial score (nSPS) is 13.4. The van der Waals surface area contributed by atoms with Gasteiger partial charge in [0.1, 0.15) is 6.61 Å². The first-order valence-corrected chi connectivity index (χ1v) is 5.76. The van der Waals surface area contributed by atoms with Crippen LogP contribution in [0.25, 0.3) is 0 Å². The molecule has 1 aromatic rings. The van der Waals surface area contributed by atoms with E-state index in [4.69, 9.17) is 21.1 Å². The van der Waals surface area contributed by atoms with Crippen LogP contribution in [0.15, 0.2) is 29.3 Å². The Morgan fingerprint density at radius 1 is 1.47 bits per heavy atom. The zero-order valence-corrected chi connectivity index (χ0v) is 11.0. The minimum absolute atomic E-state index is 0.411. The molecule has 0 saturated heterocycles. The highest BCUT2D eigenvalue weighted by Gasteiger charge is 2.08. The maximum absolute atomic E-state index is 9.47. The van der Waals surface area contributed by atoms with E-state index in [1.807, 2.05) is 13.0 Å². The molecule has 0 heterocycles. The molecule has 0 radical (unpaired) electrons. The van der Waals surface area contributed by atoms with Crippen molar-refractivity contribution in [2.75, 3.05) is 13.7 Å². The summed E-state index contributed by atoms with van der Waals surface area (Å²) in [7, 11) is 1.57. The summed E-state index contributed by atoms with van der Waals surface area (Å²) in [6, 6.07) is 5.35. The number of methoxy groups -OCH3 is 1. The Morgan fingerprint density at radius 3 is 2.71 bits per heavy atom. The molecule has 1 rings (SSSR count). The molecule has 0 saturated carbocycles. The molecule has 3 nitrogen and oxygen atoms in total. The van der Waals surface area contributed by atoms with Crippen LogP contribution >= 0.6 is 11.6 Å². The van der Waals surface area contributed by atoms with Crippen molar-refractivity contribution < 1.29 is 14.6 Å². The van der Waals surface area contributed by atoms with Gasteiger partial charge in [-0.2, -0.15) is 0 Å². The molecule has 0 aliphatic carbocycles. The quantitative estimate of drug-likeness (QED) is 0.879. The second-order valence-electron chi connectivity index (χ2n) is 3.83. The van der Waals surface area contributed by atoms with Crippen LogP contribution in [0.5, 0.6) is 11.5 Å². The van der Waals surface area contributed by atoms with E-state index in [0.29, 0.717) is 18.1 Å². The van der Waals surface area contributed by atoms with Crippen molar-refractivity contribution in [2.24, 2.45) is 0 Å². The van der Waals surface area contributed by atoms with Gasteiger partial charge in [-0.15, -0.1) is 0 Å². The lowest BCUT2D eigenvalue weighted by Crippen LogP contribution is -2.01. The highest BCUT2D eigenvalue weighted by molar-refractivity contribution is 6.25. The van der Waals surface area contributed by atoms with Crippen molar-refractivity contribution in [1.82, 2.24) is 0 Å². The van der Waals surface area contributed by atoms with Gasteiger partial charge in [-0.05, 0) is 37.1 Å². The fraction of sp³-hybridized carbons (Fsp3) is 0.385. The molecule has 0 aliphatic rings. The Labute approximate surface area is 107 Å². The van der Waals surface area contributed by atoms with Gasteiger partial charge in [-0.3, -0.25) is 0 Å². The second-order valence-corrected chi connectivity index (χ2v) is 4.05. The smallest absolute Gasteiger partial charge is 0.161 e. The molecule has 0 bridgehead atoms. The fourth-order valence-electron chi connectivity index (χ4n) is 1.29. The Morgan fingerprint density at radius 2 is 2.18 bits per heavy atom. The van der Waals surface area contributed by atoms with E-state index in [1.165, 1.54) is 5.54 Å². The predicted octanol–water partition coefficient (Wildman–Crippen LogP) is 3.27. The molecule has 17 heavy (non-hydrogen) atoms. The molecule has 0 fully saturated rings. The summed E-state index contributed by atoms with van der Waals surface area (Å²) in [6.07, 6.45) is -0.526. The lowest BCUT2D eigenvalue weighted by atomic mass is 10.1. The van der Waals surface area contributed by atoms with Crippen LogP contribution in [0.1, 0.15) is 25.5 Å². The highest BCUT2D eigenvalue weighted by Crippen LogP contribution is 2.30. The molecule has 1 N–H and O–H groups in total. The average molecular weight is 257 g/mol. The van der Waals surface area contributed by atoms with Crippen molar-refractivity contribution in [3.05, 3.63) is 34.9 Å². The molecule has 1 atom stereocenters. The van der Waals surface area contributed by atoms with Gasteiger partial charge < -0.3 is 14.6 Å². The number of aliphatic hydroxyl groups is 1. The summed E-state index contributed by atoms with van der Waals surface area (Å²) in [5.41, 5.74) is 3.20. The van der Waals surface area contributed by atoms with Crippen molar-refractivity contribution >= 4 is 11.6 Å². The standard InChI is InChI=1S/C13H17ClO3/c1-9(7-14)8-17-12-5-4-11(10(2)15)6-13(12)16-3/h4-7,10,15H,8H2,1-3H3/b9-7+/t10-/m1/s1. The van der Waals surface area contributed by atoms with Crippen LogP contribution in [-0.2, 0) is 0 Å². The van der Waals surface area contributed by atoms with Crippen molar-refractivity contribution in [2.45, 2.75) is 20.0 Å². The number of halogens is 1. The SMILES string of the molecule is COc1cc([C@@H](C)O)ccc1OC/C(C)=C/Cl. The van der Waals surface area contributed by atoms with Crippen molar-refractivity contribution in [1.29, 1.82) is 0 Å². The van der Waals surface area contributed by atoms with E-state index in [-0.39, 0.29) is 0 Å². The van der Waals surface area contributed by atoms with Gasteiger partial charge in [-0.25, -0.2) is 0 Å². The molecule has 0 aliphatic heterocycles. The Bertz CT molecular complexity index is 400. The first-order chi connectivity index (χ1) is 8.08. The van der Waals surface area contributed by atoms with Gasteiger partial charge >= 0.3 is 0 Å². The van der Waals surface area contributed by atoms with Crippen molar-refractivity contribution in [3.8, 4) is 11.5 Å². The minimum Gasteiger partial charge on any atom is -0.493 e. The van der Waals surface area contributed by atoms with E-state index < -0.39 is 6.10 Å². The Balaban J connectivity index is 2.85. The first-order valence-electron chi connectivity index (χ1n) is 5.33. The second kappa shape index (κ2) is 6.52. The zero-order valence-electron chi connectivity index (χ0n) is 10.2. The molecular weight excluding hydrogens is 240 g/mol. The third-order valence-electron chi connectivity index (χ3n) is 2.31. The maximum Gasteiger partial charge on any atom is 0.161 e. The molecule has 0 unspecified atom stereocenters. The van der Waals surface area contributed by atoms with Crippen LogP contribution in [0.3, 0.4) is 0 Å².